The fourth-order valence-corrected chi connectivity index (χ4v) is 6.57. The van der Waals surface area contributed by atoms with E-state index < -0.39 is 5.60 Å². The van der Waals surface area contributed by atoms with Gasteiger partial charge in [0.2, 0.25) is 0 Å². The summed E-state index contributed by atoms with van der Waals surface area (Å²) >= 11 is 0. The average Bonchev–Trinajstić information content (AvgIpc) is 3.28. The van der Waals surface area contributed by atoms with E-state index in [-0.39, 0.29) is 22.9 Å². The Bertz CT molecular complexity index is 1430. The van der Waals surface area contributed by atoms with Crippen molar-refractivity contribution in [2.75, 3.05) is 0 Å². The lowest BCUT2D eigenvalue weighted by molar-refractivity contribution is -0.0498. The van der Waals surface area contributed by atoms with Crippen LogP contribution in [0.5, 0.6) is 0 Å². The normalized spacial score (nSPS) is 25.9. The second-order valence-electron chi connectivity index (χ2n) is 10.6. The van der Waals surface area contributed by atoms with Gasteiger partial charge in [0, 0.05) is 34.7 Å². The standard InChI is InChI=1S/C30H30FN3O2/c1-2-29(36)12-13-30(18-23-5-3-4-14-32-23)21(17-29)6-11-28(35)25-16-27-20(15-26(25)30)19-33-34(27)24-9-7-22(31)8-10-24/h3-5,7-10,14-16,19,21,36H,2,6,11-13,17-18H2,1H3/t21-,29+,30-/m1/s1. The van der Waals surface area contributed by atoms with Crippen molar-refractivity contribution in [2.45, 2.75) is 62.9 Å². The van der Waals surface area contributed by atoms with Gasteiger partial charge in [-0.25, -0.2) is 9.07 Å². The minimum atomic E-state index is -0.691. The third kappa shape index (κ3) is 3.75. The highest BCUT2D eigenvalue weighted by molar-refractivity contribution is 6.02. The fourth-order valence-electron chi connectivity index (χ4n) is 6.57. The lowest BCUT2D eigenvalue weighted by atomic mass is 9.56. The molecule has 184 valence electrons. The van der Waals surface area contributed by atoms with Gasteiger partial charge in [0.05, 0.1) is 23.0 Å². The number of carbonyl (C=O) groups excluding carboxylic acids is 1. The molecule has 3 atom stereocenters. The first-order valence-electron chi connectivity index (χ1n) is 12.8. The van der Waals surface area contributed by atoms with Crippen molar-refractivity contribution in [1.29, 1.82) is 0 Å². The monoisotopic (exact) mass is 483 g/mol. The van der Waals surface area contributed by atoms with Gasteiger partial charge in [-0.05, 0) is 98.5 Å². The number of pyridine rings is 1. The van der Waals surface area contributed by atoms with Crippen LogP contribution in [-0.4, -0.2) is 31.3 Å². The van der Waals surface area contributed by atoms with Crippen LogP contribution in [0.25, 0.3) is 16.6 Å². The molecule has 0 unspecified atom stereocenters. The zero-order valence-corrected chi connectivity index (χ0v) is 20.5. The molecule has 4 aromatic rings. The van der Waals surface area contributed by atoms with Crippen LogP contribution in [0.2, 0.25) is 0 Å². The number of hydrogen-bond acceptors (Lipinski definition) is 4. The minimum absolute atomic E-state index is 0.133. The van der Waals surface area contributed by atoms with Crippen molar-refractivity contribution in [3.63, 3.8) is 0 Å². The zero-order valence-electron chi connectivity index (χ0n) is 20.5. The van der Waals surface area contributed by atoms with E-state index in [0.29, 0.717) is 25.7 Å². The van der Waals surface area contributed by atoms with E-state index in [1.54, 1.807) is 16.8 Å². The predicted molar refractivity (Wildman–Crippen MR) is 137 cm³/mol. The first-order valence-corrected chi connectivity index (χ1v) is 12.8. The number of ketones is 1. The molecule has 0 aliphatic heterocycles. The Morgan fingerprint density at radius 3 is 2.72 bits per heavy atom. The van der Waals surface area contributed by atoms with Crippen LogP contribution in [0.4, 0.5) is 4.39 Å². The number of halogens is 1. The van der Waals surface area contributed by atoms with Gasteiger partial charge in [-0.2, -0.15) is 5.10 Å². The highest BCUT2D eigenvalue weighted by atomic mass is 19.1. The van der Waals surface area contributed by atoms with Crippen LogP contribution in [0, 0.1) is 11.7 Å². The summed E-state index contributed by atoms with van der Waals surface area (Å²) in [4.78, 5) is 18.2. The quantitative estimate of drug-likeness (QED) is 0.389. The van der Waals surface area contributed by atoms with Crippen LogP contribution in [-0.2, 0) is 11.8 Å². The van der Waals surface area contributed by atoms with Gasteiger partial charge in [-0.15, -0.1) is 0 Å². The second kappa shape index (κ2) is 8.63. The molecule has 2 aliphatic carbocycles. The lowest BCUT2D eigenvalue weighted by Crippen LogP contribution is -2.49. The number of nitrogens with zero attached hydrogens (tertiary/aromatic N) is 3. The third-order valence-corrected chi connectivity index (χ3v) is 8.66. The van der Waals surface area contributed by atoms with Crippen molar-refractivity contribution in [1.82, 2.24) is 14.8 Å². The van der Waals surface area contributed by atoms with Crippen molar-refractivity contribution in [3.8, 4) is 5.69 Å². The van der Waals surface area contributed by atoms with Crippen LogP contribution in [0.3, 0.4) is 0 Å². The van der Waals surface area contributed by atoms with Gasteiger partial charge in [0.1, 0.15) is 5.82 Å². The maximum Gasteiger partial charge on any atom is 0.163 e. The number of hydrogen-bond donors (Lipinski definition) is 1. The average molecular weight is 484 g/mol. The molecule has 1 N–H and O–H groups in total. The summed E-state index contributed by atoms with van der Waals surface area (Å²) < 4.78 is 15.3. The SMILES string of the molecule is CC[C@]1(O)CC[C@]2(Cc3ccccn3)c3cc4cnn(-c5ccc(F)cc5)c4cc3C(=O)CC[C@@H]2C1. The van der Waals surface area contributed by atoms with E-state index in [2.05, 4.69) is 29.1 Å². The molecule has 2 aromatic heterocycles. The summed E-state index contributed by atoms with van der Waals surface area (Å²) in [6.07, 6.45) is 8.50. The molecule has 0 amide bonds. The van der Waals surface area contributed by atoms with E-state index in [9.17, 15) is 14.3 Å². The van der Waals surface area contributed by atoms with Gasteiger partial charge >= 0.3 is 0 Å². The molecule has 0 saturated heterocycles. The predicted octanol–water partition coefficient (Wildman–Crippen LogP) is 5.96. The Kier molecular flexibility index (Phi) is 5.52. The van der Waals surface area contributed by atoms with E-state index in [1.165, 1.54) is 12.1 Å². The molecule has 2 heterocycles. The lowest BCUT2D eigenvalue weighted by Gasteiger charge is -2.50. The number of aromatic nitrogens is 3. The van der Waals surface area contributed by atoms with Crippen LogP contribution in [0.1, 0.15) is 67.1 Å². The highest BCUT2D eigenvalue weighted by Gasteiger charge is 2.51. The van der Waals surface area contributed by atoms with Crippen molar-refractivity contribution in [2.24, 2.45) is 5.92 Å². The molecule has 0 bridgehead atoms. The molecular weight excluding hydrogens is 453 g/mol. The Morgan fingerprint density at radius 2 is 1.97 bits per heavy atom. The molecule has 1 saturated carbocycles. The maximum atomic E-state index is 13.6. The van der Waals surface area contributed by atoms with Crippen molar-refractivity contribution >= 4 is 16.7 Å². The summed E-state index contributed by atoms with van der Waals surface area (Å²) in [5.74, 6) is 0.00712. The zero-order chi connectivity index (χ0) is 24.9. The van der Waals surface area contributed by atoms with Crippen LogP contribution < -0.4 is 0 Å². The topological polar surface area (TPSA) is 68.0 Å². The second-order valence-corrected chi connectivity index (χ2v) is 10.6. The van der Waals surface area contributed by atoms with Gasteiger partial charge < -0.3 is 5.11 Å². The molecule has 2 aromatic carbocycles. The highest BCUT2D eigenvalue weighted by Crippen LogP contribution is 2.54. The summed E-state index contributed by atoms with van der Waals surface area (Å²) in [6.45, 7) is 2.05. The summed E-state index contributed by atoms with van der Waals surface area (Å²) in [6, 6.07) is 16.3. The minimum Gasteiger partial charge on any atom is -0.390 e. The molecule has 5 nitrogen and oxygen atoms in total. The third-order valence-electron chi connectivity index (χ3n) is 8.66. The van der Waals surface area contributed by atoms with Crippen LogP contribution >= 0.6 is 0 Å². The van der Waals surface area contributed by atoms with Gasteiger partial charge in [0.25, 0.3) is 0 Å². The molecule has 0 radical (unpaired) electrons. The molecule has 1 fully saturated rings. The number of Topliss-reactive ketones (excluding diaryl/α,β-unsaturated/α-hetero) is 1. The Morgan fingerprint density at radius 1 is 1.14 bits per heavy atom. The number of rotatable bonds is 4. The van der Waals surface area contributed by atoms with Gasteiger partial charge in [-0.3, -0.25) is 9.78 Å². The van der Waals surface area contributed by atoms with E-state index in [4.69, 9.17) is 0 Å². The Hall–Kier alpha value is -3.38. The first-order chi connectivity index (χ1) is 17.4. The smallest absolute Gasteiger partial charge is 0.163 e. The van der Waals surface area contributed by atoms with Gasteiger partial charge in [0.15, 0.2) is 5.78 Å². The maximum absolute atomic E-state index is 13.6. The number of fused-ring (bicyclic) bond motifs is 4. The van der Waals surface area contributed by atoms with E-state index in [0.717, 1.165) is 52.7 Å². The van der Waals surface area contributed by atoms with Gasteiger partial charge in [-0.1, -0.05) is 13.0 Å². The molecule has 2 aliphatic rings. The molecule has 36 heavy (non-hydrogen) atoms. The van der Waals surface area contributed by atoms with Crippen molar-refractivity contribution < 1.29 is 14.3 Å². The molecule has 6 heteroatoms. The summed E-state index contributed by atoms with van der Waals surface area (Å²) in [5.41, 5.74) is 3.41. The molecule has 6 rings (SSSR count). The van der Waals surface area contributed by atoms with Crippen LogP contribution in [0.15, 0.2) is 67.0 Å². The molecular formula is C30H30FN3O2. The largest absolute Gasteiger partial charge is 0.390 e. The van der Waals surface area contributed by atoms with E-state index in [1.807, 2.05) is 30.6 Å². The fraction of sp³-hybridized carbons (Fsp3) is 0.367. The first kappa shape index (κ1) is 23.0. The van der Waals surface area contributed by atoms with E-state index >= 15 is 0 Å². The number of carbonyl (C=O) groups is 1. The number of aliphatic hydroxyl groups is 1. The summed E-state index contributed by atoms with van der Waals surface area (Å²) in [7, 11) is 0. The Balaban J connectivity index is 1.54. The Labute approximate surface area is 210 Å². The number of benzene rings is 2. The molecule has 0 spiro atoms. The summed E-state index contributed by atoms with van der Waals surface area (Å²) in [5, 5.41) is 16.8. The van der Waals surface area contributed by atoms with Crippen molar-refractivity contribution in [3.05, 3.63) is 89.6 Å².